The molecule has 0 aliphatic rings. The number of rotatable bonds is 4. The van der Waals surface area contributed by atoms with Crippen molar-refractivity contribution in [1.82, 2.24) is 0 Å². The zero-order valence-electron chi connectivity index (χ0n) is 8.43. The molecule has 0 bridgehead atoms. The van der Waals surface area contributed by atoms with Gasteiger partial charge < -0.3 is 21.7 Å². The van der Waals surface area contributed by atoms with E-state index in [1.54, 1.807) is 13.8 Å². The molecule has 6 N–H and O–H groups in total. The van der Waals surface area contributed by atoms with Crippen LogP contribution in [-0.2, 0) is 9.59 Å². The van der Waals surface area contributed by atoms with Crippen LogP contribution in [0.1, 0.15) is 20.3 Å². The molecule has 0 aliphatic heterocycles. The standard InChI is InChI=1S/C5H11NO2.C3H7NO2/c1-3(2)4(6)5(7)8;4-2-1-3(5)6/h3-4H,6H2,1-2H3,(H,7,8);1-2,4H2,(H,5,6)/t4-;/m0./s1. The van der Waals surface area contributed by atoms with Crippen LogP contribution in [-0.4, -0.2) is 34.7 Å². The molecule has 0 amide bonds. The summed E-state index contributed by atoms with van der Waals surface area (Å²) in [5.41, 5.74) is 10.0. The van der Waals surface area contributed by atoms with E-state index in [9.17, 15) is 9.59 Å². The van der Waals surface area contributed by atoms with Crippen LogP contribution in [0, 0.1) is 5.92 Å². The van der Waals surface area contributed by atoms with Gasteiger partial charge in [0.25, 0.3) is 0 Å². The van der Waals surface area contributed by atoms with Gasteiger partial charge in [0, 0.05) is 6.54 Å². The number of carboxylic acids is 2. The van der Waals surface area contributed by atoms with E-state index in [1.807, 2.05) is 0 Å². The Balaban J connectivity index is 0. The highest BCUT2D eigenvalue weighted by Crippen LogP contribution is 1.96. The van der Waals surface area contributed by atoms with Crippen LogP contribution in [0.2, 0.25) is 0 Å². The van der Waals surface area contributed by atoms with E-state index in [-0.39, 0.29) is 18.9 Å². The maximum absolute atomic E-state index is 10.0. The Labute approximate surface area is 82.9 Å². The quantitative estimate of drug-likeness (QED) is 0.490. The van der Waals surface area contributed by atoms with Crippen molar-refractivity contribution in [2.45, 2.75) is 26.3 Å². The van der Waals surface area contributed by atoms with Gasteiger partial charge in [-0.15, -0.1) is 0 Å². The van der Waals surface area contributed by atoms with E-state index in [2.05, 4.69) is 0 Å². The lowest BCUT2D eigenvalue weighted by Gasteiger charge is -2.07. The summed E-state index contributed by atoms with van der Waals surface area (Å²) in [5, 5.41) is 16.1. The number of carboxylic acid groups (broad SMARTS) is 2. The summed E-state index contributed by atoms with van der Waals surface area (Å²) in [4.78, 5) is 19.5. The molecule has 0 spiro atoms. The fraction of sp³-hybridized carbons (Fsp3) is 0.750. The lowest BCUT2D eigenvalue weighted by atomic mass is 10.1. The number of carbonyl (C=O) groups is 2. The molecule has 6 heteroatoms. The predicted molar refractivity (Wildman–Crippen MR) is 51.8 cm³/mol. The van der Waals surface area contributed by atoms with Crippen molar-refractivity contribution in [3.05, 3.63) is 0 Å². The topological polar surface area (TPSA) is 127 Å². The molecule has 0 heterocycles. The Morgan fingerprint density at radius 3 is 1.71 bits per heavy atom. The van der Waals surface area contributed by atoms with Gasteiger partial charge in [0.2, 0.25) is 0 Å². The zero-order chi connectivity index (χ0) is 11.7. The third-order valence-electron chi connectivity index (χ3n) is 1.36. The van der Waals surface area contributed by atoms with Crippen LogP contribution in [0.3, 0.4) is 0 Å². The van der Waals surface area contributed by atoms with Gasteiger partial charge in [-0.1, -0.05) is 13.8 Å². The molecule has 0 saturated heterocycles. The third-order valence-corrected chi connectivity index (χ3v) is 1.36. The summed E-state index contributed by atoms with van der Waals surface area (Å²) in [7, 11) is 0. The van der Waals surface area contributed by atoms with Crippen molar-refractivity contribution in [2.24, 2.45) is 17.4 Å². The second-order valence-corrected chi connectivity index (χ2v) is 3.04. The van der Waals surface area contributed by atoms with Gasteiger partial charge in [0.05, 0.1) is 6.42 Å². The minimum absolute atomic E-state index is 0.0208. The number of hydrogen-bond donors (Lipinski definition) is 4. The van der Waals surface area contributed by atoms with Crippen molar-refractivity contribution in [2.75, 3.05) is 6.54 Å². The molecule has 0 aromatic heterocycles. The average Bonchev–Trinajstić information content (AvgIpc) is 2.03. The summed E-state index contributed by atoms with van der Waals surface area (Å²) in [5.74, 6) is -1.75. The number of nitrogens with two attached hydrogens (primary N) is 2. The van der Waals surface area contributed by atoms with Gasteiger partial charge >= 0.3 is 11.9 Å². The molecule has 0 fully saturated rings. The summed E-state index contributed by atoms with van der Waals surface area (Å²) in [6.07, 6.45) is 0.0694. The number of aliphatic carboxylic acids is 2. The molecule has 0 aromatic rings. The fourth-order valence-corrected chi connectivity index (χ4v) is 0.409. The monoisotopic (exact) mass is 206 g/mol. The smallest absolute Gasteiger partial charge is 0.320 e. The normalized spacial score (nSPS) is 11.5. The summed E-state index contributed by atoms with van der Waals surface area (Å²) in [6.45, 7) is 3.78. The highest BCUT2D eigenvalue weighted by atomic mass is 16.4. The first kappa shape index (κ1) is 15.3. The van der Waals surface area contributed by atoms with Gasteiger partial charge in [-0.3, -0.25) is 9.59 Å². The van der Waals surface area contributed by atoms with Crippen molar-refractivity contribution in [1.29, 1.82) is 0 Å². The maximum Gasteiger partial charge on any atom is 0.320 e. The van der Waals surface area contributed by atoms with Crippen LogP contribution >= 0.6 is 0 Å². The fourth-order valence-electron chi connectivity index (χ4n) is 0.409. The van der Waals surface area contributed by atoms with Gasteiger partial charge in [-0.2, -0.15) is 0 Å². The van der Waals surface area contributed by atoms with E-state index >= 15 is 0 Å². The minimum atomic E-state index is -0.931. The Morgan fingerprint density at radius 2 is 1.71 bits per heavy atom. The molecular formula is C8H18N2O4. The molecule has 0 aromatic carbocycles. The van der Waals surface area contributed by atoms with Gasteiger partial charge in [0.1, 0.15) is 6.04 Å². The Morgan fingerprint density at radius 1 is 1.29 bits per heavy atom. The molecule has 0 unspecified atom stereocenters. The summed E-state index contributed by atoms with van der Waals surface area (Å²) in [6, 6.07) is -0.713. The Bertz CT molecular complexity index is 182. The van der Waals surface area contributed by atoms with Crippen molar-refractivity contribution in [3.63, 3.8) is 0 Å². The second kappa shape index (κ2) is 8.46. The molecule has 0 aliphatic carbocycles. The van der Waals surface area contributed by atoms with Crippen LogP contribution in [0.5, 0.6) is 0 Å². The first-order valence-corrected chi connectivity index (χ1v) is 4.23. The van der Waals surface area contributed by atoms with Gasteiger partial charge in [0.15, 0.2) is 0 Å². The summed E-state index contributed by atoms with van der Waals surface area (Å²) < 4.78 is 0. The molecule has 84 valence electrons. The van der Waals surface area contributed by atoms with Crippen LogP contribution < -0.4 is 11.5 Å². The van der Waals surface area contributed by atoms with Crippen molar-refractivity contribution >= 4 is 11.9 Å². The Kier molecular flexibility index (Phi) is 9.27. The van der Waals surface area contributed by atoms with E-state index < -0.39 is 18.0 Å². The highest BCUT2D eigenvalue weighted by molar-refractivity contribution is 5.73. The summed E-state index contributed by atoms with van der Waals surface area (Å²) >= 11 is 0. The molecular weight excluding hydrogens is 188 g/mol. The Hall–Kier alpha value is -1.14. The van der Waals surface area contributed by atoms with E-state index in [1.165, 1.54) is 0 Å². The molecule has 0 rings (SSSR count). The van der Waals surface area contributed by atoms with Gasteiger partial charge in [-0.05, 0) is 5.92 Å². The lowest BCUT2D eigenvalue weighted by molar-refractivity contribution is -0.139. The minimum Gasteiger partial charge on any atom is -0.481 e. The molecule has 6 nitrogen and oxygen atoms in total. The van der Waals surface area contributed by atoms with Crippen molar-refractivity contribution in [3.8, 4) is 0 Å². The second-order valence-electron chi connectivity index (χ2n) is 3.04. The van der Waals surface area contributed by atoms with Crippen LogP contribution in [0.15, 0.2) is 0 Å². The van der Waals surface area contributed by atoms with Crippen LogP contribution in [0.25, 0.3) is 0 Å². The molecule has 1 atom stereocenters. The van der Waals surface area contributed by atoms with E-state index in [0.717, 1.165) is 0 Å². The van der Waals surface area contributed by atoms with Crippen molar-refractivity contribution < 1.29 is 19.8 Å². The molecule has 14 heavy (non-hydrogen) atoms. The molecule has 0 saturated carbocycles. The number of hydrogen-bond acceptors (Lipinski definition) is 4. The predicted octanol–water partition coefficient (Wildman–Crippen LogP) is -0.526. The van der Waals surface area contributed by atoms with Gasteiger partial charge in [-0.25, -0.2) is 0 Å². The first-order valence-electron chi connectivity index (χ1n) is 4.23. The maximum atomic E-state index is 10.0. The third kappa shape index (κ3) is 10.9. The SMILES string of the molecule is CC(C)[C@H](N)C(=O)O.NCCC(=O)O. The van der Waals surface area contributed by atoms with E-state index in [0.29, 0.717) is 0 Å². The highest BCUT2D eigenvalue weighted by Gasteiger charge is 2.14. The first-order chi connectivity index (χ1) is 6.32. The zero-order valence-corrected chi connectivity index (χ0v) is 8.43. The van der Waals surface area contributed by atoms with Crippen LogP contribution in [0.4, 0.5) is 0 Å². The largest absolute Gasteiger partial charge is 0.481 e. The average molecular weight is 206 g/mol. The van der Waals surface area contributed by atoms with E-state index in [4.69, 9.17) is 21.7 Å². The lowest BCUT2D eigenvalue weighted by Crippen LogP contribution is -2.34. The molecule has 0 radical (unpaired) electrons.